The summed E-state index contributed by atoms with van der Waals surface area (Å²) in [6.07, 6.45) is 2.59. The zero-order chi connectivity index (χ0) is 27.4. The molecule has 2 rings (SSSR count). The van der Waals surface area contributed by atoms with Gasteiger partial charge in [0.05, 0.1) is 0 Å². The van der Waals surface area contributed by atoms with Crippen LogP contribution in [-0.4, -0.2) is 53.0 Å². The van der Waals surface area contributed by atoms with Crippen molar-refractivity contribution in [2.45, 2.75) is 71.7 Å². The Kier molecular flexibility index (Phi) is 12.0. The quantitative estimate of drug-likeness (QED) is 0.401. The molecule has 37 heavy (non-hydrogen) atoms. The Morgan fingerprint density at radius 1 is 0.973 bits per heavy atom. The van der Waals surface area contributed by atoms with Crippen LogP contribution in [0.15, 0.2) is 54.6 Å². The largest absolute Gasteiger partial charge is 0.444 e. The van der Waals surface area contributed by atoms with E-state index < -0.39 is 23.8 Å². The van der Waals surface area contributed by atoms with E-state index >= 15 is 0 Å². The van der Waals surface area contributed by atoms with Crippen LogP contribution in [0.2, 0.25) is 0 Å². The number of nitrogens with one attached hydrogen (secondary N) is 2. The molecule has 0 saturated heterocycles. The maximum Gasteiger partial charge on any atom is 0.408 e. The number of amides is 3. The van der Waals surface area contributed by atoms with Crippen molar-refractivity contribution < 1.29 is 19.1 Å². The van der Waals surface area contributed by atoms with Gasteiger partial charge in [0, 0.05) is 13.1 Å². The molecule has 0 radical (unpaired) electrons. The molecule has 0 aliphatic carbocycles. The summed E-state index contributed by atoms with van der Waals surface area (Å²) in [4.78, 5) is 41.6. The Balaban J connectivity index is 2.36. The van der Waals surface area contributed by atoms with Crippen LogP contribution in [0, 0.1) is 0 Å². The third-order valence-corrected chi connectivity index (χ3v) is 6.44. The topological polar surface area (TPSA) is 87.7 Å². The van der Waals surface area contributed by atoms with E-state index in [9.17, 15) is 14.4 Å². The van der Waals surface area contributed by atoms with Crippen molar-refractivity contribution in [3.05, 3.63) is 71.3 Å². The molecule has 0 aliphatic rings. The van der Waals surface area contributed by atoms with Crippen LogP contribution >= 0.6 is 11.8 Å². The van der Waals surface area contributed by atoms with Crippen molar-refractivity contribution in [1.82, 2.24) is 15.5 Å². The number of ether oxygens (including phenoxy) is 1. The van der Waals surface area contributed by atoms with Gasteiger partial charge in [-0.1, -0.05) is 61.5 Å². The van der Waals surface area contributed by atoms with E-state index in [-0.39, 0.29) is 11.8 Å². The average Bonchev–Trinajstić information content (AvgIpc) is 2.87. The maximum absolute atomic E-state index is 13.9. The fourth-order valence-corrected chi connectivity index (χ4v) is 4.37. The summed E-state index contributed by atoms with van der Waals surface area (Å²) < 4.78 is 5.41. The first-order valence-corrected chi connectivity index (χ1v) is 14.2. The molecular weight excluding hydrogens is 486 g/mol. The van der Waals surface area contributed by atoms with Gasteiger partial charge in [0.25, 0.3) is 0 Å². The Labute approximate surface area is 225 Å². The van der Waals surface area contributed by atoms with Gasteiger partial charge in [-0.05, 0) is 69.2 Å². The smallest absolute Gasteiger partial charge is 0.408 e. The predicted molar refractivity (Wildman–Crippen MR) is 150 cm³/mol. The molecule has 0 fully saturated rings. The second-order valence-corrected chi connectivity index (χ2v) is 10.8. The van der Waals surface area contributed by atoms with Gasteiger partial charge in [-0.25, -0.2) is 4.79 Å². The molecule has 8 heteroatoms. The molecule has 2 aromatic rings. The highest BCUT2D eigenvalue weighted by atomic mass is 32.2. The van der Waals surface area contributed by atoms with Crippen LogP contribution in [0.5, 0.6) is 0 Å². The van der Waals surface area contributed by atoms with E-state index in [4.69, 9.17) is 4.74 Å². The van der Waals surface area contributed by atoms with Crippen molar-refractivity contribution in [2.24, 2.45) is 0 Å². The number of aryl methyl sites for hydroxylation is 1. The molecular formula is C29H41N3O4S. The normalized spacial score (nSPS) is 12.8. The highest BCUT2D eigenvalue weighted by molar-refractivity contribution is 7.98. The van der Waals surface area contributed by atoms with E-state index in [0.29, 0.717) is 25.3 Å². The first-order chi connectivity index (χ1) is 17.6. The SMILES string of the molecule is CCc1ccc(C(C(=O)NCc2ccccc2)N(CC)C(=O)C(CCSC)NC(=O)OC(C)(C)C)cc1. The van der Waals surface area contributed by atoms with E-state index in [1.54, 1.807) is 37.4 Å². The molecule has 0 aliphatic heterocycles. The summed E-state index contributed by atoms with van der Waals surface area (Å²) in [6, 6.07) is 15.8. The summed E-state index contributed by atoms with van der Waals surface area (Å²) in [5.41, 5.74) is 2.14. The number of carbonyl (C=O) groups is 3. The molecule has 0 spiro atoms. The summed E-state index contributed by atoms with van der Waals surface area (Å²) in [6.45, 7) is 9.88. The van der Waals surface area contributed by atoms with Crippen molar-refractivity contribution in [3.8, 4) is 0 Å². The van der Waals surface area contributed by atoms with Crippen molar-refractivity contribution in [1.29, 1.82) is 0 Å². The summed E-state index contributed by atoms with van der Waals surface area (Å²) in [5.74, 6) is 0.0749. The molecule has 0 aromatic heterocycles. The highest BCUT2D eigenvalue weighted by Gasteiger charge is 2.35. The van der Waals surface area contributed by atoms with Gasteiger partial charge in [-0.15, -0.1) is 0 Å². The second kappa shape index (κ2) is 14.7. The lowest BCUT2D eigenvalue weighted by Crippen LogP contribution is -2.53. The van der Waals surface area contributed by atoms with E-state index in [0.717, 1.165) is 23.1 Å². The maximum atomic E-state index is 13.9. The number of alkyl carbamates (subject to hydrolysis) is 1. The van der Waals surface area contributed by atoms with Gasteiger partial charge < -0.3 is 20.3 Å². The van der Waals surface area contributed by atoms with Crippen molar-refractivity contribution in [3.63, 3.8) is 0 Å². The summed E-state index contributed by atoms with van der Waals surface area (Å²) in [5, 5.41) is 5.75. The van der Waals surface area contributed by atoms with Crippen molar-refractivity contribution in [2.75, 3.05) is 18.6 Å². The standard InChI is InChI=1S/C29H41N3O4S/c1-7-21-14-16-23(17-15-21)25(26(33)30-20-22-12-10-9-11-13-22)32(8-2)27(34)24(18-19-37-6)31-28(35)36-29(3,4)5/h9-17,24-25H,7-8,18-20H2,1-6H3,(H,30,33)(H,31,35). The number of hydrogen-bond acceptors (Lipinski definition) is 5. The fourth-order valence-electron chi connectivity index (χ4n) is 3.90. The van der Waals surface area contributed by atoms with E-state index in [1.165, 1.54) is 0 Å². The number of nitrogens with zero attached hydrogens (tertiary/aromatic N) is 1. The number of hydrogen-bond donors (Lipinski definition) is 2. The van der Waals surface area contributed by atoms with Gasteiger partial charge in [0.1, 0.15) is 17.7 Å². The first-order valence-electron chi connectivity index (χ1n) is 12.8. The molecule has 0 saturated carbocycles. The molecule has 2 unspecified atom stereocenters. The van der Waals surface area contributed by atoms with Crippen LogP contribution in [0.4, 0.5) is 4.79 Å². The number of benzene rings is 2. The Morgan fingerprint density at radius 2 is 1.62 bits per heavy atom. The van der Waals surface area contributed by atoms with E-state index in [1.807, 2.05) is 67.8 Å². The first kappa shape index (κ1) is 30.2. The number of rotatable bonds is 12. The lowest BCUT2D eigenvalue weighted by molar-refractivity contribution is -0.142. The molecule has 0 bridgehead atoms. The van der Waals surface area contributed by atoms with Crippen LogP contribution in [0.25, 0.3) is 0 Å². The Bertz CT molecular complexity index is 1010. The van der Waals surface area contributed by atoms with Gasteiger partial charge in [0.15, 0.2) is 0 Å². The summed E-state index contributed by atoms with van der Waals surface area (Å²) >= 11 is 1.59. The van der Waals surface area contributed by atoms with Crippen LogP contribution in [-0.2, 0) is 27.3 Å². The zero-order valence-corrected chi connectivity index (χ0v) is 23.7. The lowest BCUT2D eigenvalue weighted by atomic mass is 10.00. The van der Waals surface area contributed by atoms with Gasteiger partial charge in [-0.2, -0.15) is 11.8 Å². The number of carbonyl (C=O) groups excluding carboxylic acids is 3. The van der Waals surface area contributed by atoms with Gasteiger partial charge >= 0.3 is 6.09 Å². The molecule has 7 nitrogen and oxygen atoms in total. The van der Waals surface area contributed by atoms with Gasteiger partial charge in [-0.3, -0.25) is 9.59 Å². The highest BCUT2D eigenvalue weighted by Crippen LogP contribution is 2.24. The monoisotopic (exact) mass is 527 g/mol. The number of likely N-dealkylation sites (N-methyl/N-ethyl adjacent to an activating group) is 1. The van der Waals surface area contributed by atoms with Crippen LogP contribution < -0.4 is 10.6 Å². The van der Waals surface area contributed by atoms with Crippen LogP contribution in [0.1, 0.15) is 63.8 Å². The summed E-state index contributed by atoms with van der Waals surface area (Å²) in [7, 11) is 0. The average molecular weight is 528 g/mol. The van der Waals surface area contributed by atoms with Gasteiger partial charge in [0.2, 0.25) is 11.8 Å². The number of thioether (sulfide) groups is 1. The second-order valence-electron chi connectivity index (χ2n) is 9.81. The van der Waals surface area contributed by atoms with E-state index in [2.05, 4.69) is 17.6 Å². The molecule has 3 amide bonds. The molecule has 2 atom stereocenters. The molecule has 2 aromatic carbocycles. The fraction of sp³-hybridized carbons (Fsp3) is 0.483. The van der Waals surface area contributed by atoms with Crippen LogP contribution in [0.3, 0.4) is 0 Å². The molecule has 0 heterocycles. The minimum Gasteiger partial charge on any atom is -0.444 e. The van der Waals surface area contributed by atoms with Crippen molar-refractivity contribution >= 4 is 29.7 Å². The zero-order valence-electron chi connectivity index (χ0n) is 22.9. The minimum absolute atomic E-state index is 0.274. The molecule has 202 valence electrons. The third-order valence-electron chi connectivity index (χ3n) is 5.80. The Morgan fingerprint density at radius 3 is 2.16 bits per heavy atom. The third kappa shape index (κ3) is 9.76. The predicted octanol–water partition coefficient (Wildman–Crippen LogP) is 5.10. The molecule has 2 N–H and O–H groups in total. The lowest BCUT2D eigenvalue weighted by Gasteiger charge is -2.34. The minimum atomic E-state index is -0.843. The Hall–Kier alpha value is -3.00.